The Hall–Kier alpha value is -0.980. The number of rotatable bonds is 2. The minimum atomic E-state index is -4.62. The van der Waals surface area contributed by atoms with Gasteiger partial charge in [-0.3, -0.25) is 4.74 Å². The van der Waals surface area contributed by atoms with E-state index in [0.29, 0.717) is 6.42 Å². The summed E-state index contributed by atoms with van der Waals surface area (Å²) < 4.78 is 44.9. The van der Waals surface area contributed by atoms with Crippen LogP contribution in [-0.4, -0.2) is 30.2 Å². The molecular weight excluding hydrogens is 251 g/mol. The topological polar surface area (TPSA) is 47.6 Å². The first kappa shape index (κ1) is 15.1. The molecule has 7 heteroatoms. The lowest BCUT2D eigenvalue weighted by molar-refractivity contribution is -0.341. The van der Waals surface area contributed by atoms with Gasteiger partial charge in [0, 0.05) is 6.04 Å². The van der Waals surface area contributed by atoms with Crippen molar-refractivity contribution in [3.05, 3.63) is 0 Å². The van der Waals surface area contributed by atoms with Crippen molar-refractivity contribution < 1.29 is 27.4 Å². The Morgan fingerprint density at radius 2 is 1.83 bits per heavy atom. The van der Waals surface area contributed by atoms with E-state index in [1.807, 2.05) is 0 Å². The normalized spacial score (nSPS) is 25.0. The molecule has 1 fully saturated rings. The minimum Gasteiger partial charge on any atom is -0.444 e. The molecule has 0 saturated heterocycles. The Labute approximate surface area is 104 Å². The fourth-order valence-corrected chi connectivity index (χ4v) is 1.84. The molecule has 0 aromatic carbocycles. The summed E-state index contributed by atoms with van der Waals surface area (Å²) in [5, 5.41) is 2.54. The predicted molar refractivity (Wildman–Crippen MR) is 57.9 cm³/mol. The molecule has 0 aliphatic heterocycles. The molecule has 1 aliphatic carbocycles. The van der Waals surface area contributed by atoms with Gasteiger partial charge in [-0.2, -0.15) is 0 Å². The molecule has 2 atom stereocenters. The molecule has 0 bridgehead atoms. The number of ether oxygens (including phenoxy) is 2. The summed E-state index contributed by atoms with van der Waals surface area (Å²) >= 11 is 0. The summed E-state index contributed by atoms with van der Waals surface area (Å²) in [7, 11) is 0. The monoisotopic (exact) mass is 269 g/mol. The zero-order valence-electron chi connectivity index (χ0n) is 10.6. The van der Waals surface area contributed by atoms with Crippen molar-refractivity contribution in [3.8, 4) is 0 Å². The summed E-state index contributed by atoms with van der Waals surface area (Å²) in [6.45, 7) is 5.16. The Bertz CT molecular complexity index is 299. The van der Waals surface area contributed by atoms with Crippen molar-refractivity contribution in [1.29, 1.82) is 0 Å². The molecule has 0 aromatic heterocycles. The molecule has 1 aliphatic rings. The molecule has 18 heavy (non-hydrogen) atoms. The second-order valence-electron chi connectivity index (χ2n) is 5.34. The second kappa shape index (κ2) is 5.34. The number of alkyl carbamates (subject to hydrolysis) is 1. The maximum absolute atomic E-state index is 12.0. The van der Waals surface area contributed by atoms with Gasteiger partial charge in [-0.1, -0.05) is 0 Å². The standard InChI is InChI=1S/C11H18F3NO3/c1-10(2,3)18-9(16)15-7-4-5-8(6-7)17-11(12,13)14/h7-8H,4-6H2,1-3H3,(H,15,16). The lowest BCUT2D eigenvalue weighted by Gasteiger charge is -2.21. The van der Waals surface area contributed by atoms with Crippen LogP contribution in [0.1, 0.15) is 40.0 Å². The number of nitrogens with one attached hydrogen (secondary N) is 1. The van der Waals surface area contributed by atoms with Gasteiger partial charge in [0.15, 0.2) is 0 Å². The molecule has 106 valence electrons. The van der Waals surface area contributed by atoms with Crippen molar-refractivity contribution in [1.82, 2.24) is 5.32 Å². The molecule has 0 heterocycles. The Balaban J connectivity index is 2.32. The van der Waals surface area contributed by atoms with Crippen molar-refractivity contribution >= 4 is 6.09 Å². The molecule has 0 aromatic rings. The van der Waals surface area contributed by atoms with Crippen LogP contribution in [0.15, 0.2) is 0 Å². The highest BCUT2D eigenvalue weighted by molar-refractivity contribution is 5.68. The lowest BCUT2D eigenvalue weighted by Crippen LogP contribution is -2.38. The molecule has 1 saturated carbocycles. The second-order valence-corrected chi connectivity index (χ2v) is 5.34. The Morgan fingerprint density at radius 1 is 1.22 bits per heavy atom. The first-order valence-corrected chi connectivity index (χ1v) is 5.79. The highest BCUT2D eigenvalue weighted by atomic mass is 19.4. The van der Waals surface area contributed by atoms with Gasteiger partial charge in [0.1, 0.15) is 5.60 Å². The van der Waals surface area contributed by atoms with E-state index in [2.05, 4.69) is 10.1 Å². The van der Waals surface area contributed by atoms with Gasteiger partial charge in [-0.25, -0.2) is 4.79 Å². The SMILES string of the molecule is CC(C)(C)OC(=O)NC1CCC(OC(F)(F)F)C1. The van der Waals surface area contributed by atoms with Gasteiger partial charge in [0.05, 0.1) is 6.10 Å². The molecule has 0 spiro atoms. The number of hydrogen-bond donors (Lipinski definition) is 1. The van der Waals surface area contributed by atoms with E-state index in [-0.39, 0.29) is 18.9 Å². The van der Waals surface area contributed by atoms with E-state index >= 15 is 0 Å². The van der Waals surface area contributed by atoms with Crippen molar-refractivity contribution in [2.45, 2.75) is 64.1 Å². The average molecular weight is 269 g/mol. The van der Waals surface area contributed by atoms with Crippen LogP contribution in [0, 0.1) is 0 Å². The molecule has 2 unspecified atom stereocenters. The number of hydrogen-bond acceptors (Lipinski definition) is 3. The Kier molecular flexibility index (Phi) is 4.47. The van der Waals surface area contributed by atoms with Crippen molar-refractivity contribution in [2.24, 2.45) is 0 Å². The fraction of sp³-hybridized carbons (Fsp3) is 0.909. The third-order valence-corrected chi connectivity index (χ3v) is 2.41. The van der Waals surface area contributed by atoms with Gasteiger partial charge in [-0.05, 0) is 40.0 Å². The van der Waals surface area contributed by atoms with Crippen LogP contribution in [0.25, 0.3) is 0 Å². The zero-order valence-corrected chi connectivity index (χ0v) is 10.6. The molecule has 1 amide bonds. The van der Waals surface area contributed by atoms with Crippen LogP contribution in [0.3, 0.4) is 0 Å². The van der Waals surface area contributed by atoms with Crippen LogP contribution >= 0.6 is 0 Å². The summed E-state index contributed by atoms with van der Waals surface area (Å²) in [6, 6.07) is -0.327. The highest BCUT2D eigenvalue weighted by Gasteiger charge is 2.37. The van der Waals surface area contributed by atoms with E-state index < -0.39 is 24.2 Å². The van der Waals surface area contributed by atoms with Crippen molar-refractivity contribution in [3.63, 3.8) is 0 Å². The number of amides is 1. The maximum atomic E-state index is 12.0. The van der Waals surface area contributed by atoms with Crippen LogP contribution in [0.4, 0.5) is 18.0 Å². The molecule has 0 radical (unpaired) electrons. The van der Waals surface area contributed by atoms with Gasteiger partial charge in [-0.15, -0.1) is 13.2 Å². The average Bonchev–Trinajstić information content (AvgIpc) is 2.44. The number of halogens is 3. The van der Waals surface area contributed by atoms with Crippen LogP contribution in [0.2, 0.25) is 0 Å². The van der Waals surface area contributed by atoms with Gasteiger partial charge in [0.2, 0.25) is 0 Å². The zero-order chi connectivity index (χ0) is 14.0. The largest absolute Gasteiger partial charge is 0.522 e. The van der Waals surface area contributed by atoms with Crippen LogP contribution in [-0.2, 0) is 9.47 Å². The van der Waals surface area contributed by atoms with Crippen LogP contribution < -0.4 is 5.32 Å². The molecule has 4 nitrogen and oxygen atoms in total. The summed E-state index contributed by atoms with van der Waals surface area (Å²) in [5.41, 5.74) is -0.620. The highest BCUT2D eigenvalue weighted by Crippen LogP contribution is 2.29. The van der Waals surface area contributed by atoms with Gasteiger partial charge >= 0.3 is 12.5 Å². The number of alkyl halides is 3. The van der Waals surface area contributed by atoms with E-state index in [0.717, 1.165) is 0 Å². The van der Waals surface area contributed by atoms with Gasteiger partial charge in [0.25, 0.3) is 0 Å². The molecule has 1 rings (SSSR count). The maximum Gasteiger partial charge on any atom is 0.522 e. The number of carbonyl (C=O) groups excluding carboxylic acids is 1. The summed E-state index contributed by atoms with van der Waals surface area (Å²) in [6.07, 6.45) is -5.23. The quantitative estimate of drug-likeness (QED) is 0.838. The molecular formula is C11H18F3NO3. The summed E-state index contributed by atoms with van der Waals surface area (Å²) in [4.78, 5) is 11.4. The van der Waals surface area contributed by atoms with E-state index in [1.54, 1.807) is 20.8 Å². The van der Waals surface area contributed by atoms with E-state index in [1.165, 1.54) is 0 Å². The predicted octanol–water partition coefficient (Wildman–Crippen LogP) is 2.97. The van der Waals surface area contributed by atoms with Crippen molar-refractivity contribution in [2.75, 3.05) is 0 Å². The number of carbonyl (C=O) groups is 1. The lowest BCUT2D eigenvalue weighted by atomic mass is 10.2. The van der Waals surface area contributed by atoms with Gasteiger partial charge < -0.3 is 10.1 Å². The third-order valence-electron chi connectivity index (χ3n) is 2.41. The third kappa shape index (κ3) is 6.09. The first-order chi connectivity index (χ1) is 8.05. The van der Waals surface area contributed by atoms with Crippen LogP contribution in [0.5, 0.6) is 0 Å². The minimum absolute atomic E-state index is 0.152. The molecule has 1 N–H and O–H groups in total. The van der Waals surface area contributed by atoms with E-state index in [9.17, 15) is 18.0 Å². The fourth-order valence-electron chi connectivity index (χ4n) is 1.84. The Morgan fingerprint density at radius 3 is 2.33 bits per heavy atom. The first-order valence-electron chi connectivity index (χ1n) is 5.79. The van der Waals surface area contributed by atoms with E-state index in [4.69, 9.17) is 4.74 Å². The smallest absolute Gasteiger partial charge is 0.444 e. The summed E-state index contributed by atoms with van der Waals surface area (Å²) in [5.74, 6) is 0.